The smallest absolute Gasteiger partial charge is 0.323 e. The lowest BCUT2D eigenvalue weighted by Gasteiger charge is -2.38. The topological polar surface area (TPSA) is 41.1 Å². The zero-order chi connectivity index (χ0) is 16.9. The van der Waals surface area contributed by atoms with E-state index in [-0.39, 0.29) is 12.3 Å². The van der Waals surface area contributed by atoms with Crippen LogP contribution in [0.3, 0.4) is 0 Å². The Morgan fingerprint density at radius 1 is 1.05 bits per heavy atom. The highest BCUT2D eigenvalue weighted by Crippen LogP contribution is 2.41. The van der Waals surface area contributed by atoms with E-state index in [2.05, 4.69) is 0 Å². The molecular formula is C12H20F6N2O. The molecule has 0 unspecified atom stereocenters. The first-order valence-corrected chi connectivity index (χ1v) is 6.57. The average molecular weight is 322 g/mol. The molecule has 0 radical (unpaired) electrons. The van der Waals surface area contributed by atoms with E-state index in [1.54, 1.807) is 6.92 Å². The molecule has 0 aliphatic carbocycles. The van der Waals surface area contributed by atoms with Gasteiger partial charge in [-0.25, -0.2) is 0 Å². The molecule has 0 fully saturated rings. The SMILES string of the molecule is CCCCNC(NC(=O)CC(C)C)(C(F)(F)F)C(F)(F)F. The van der Waals surface area contributed by atoms with Crippen LogP contribution in [-0.4, -0.2) is 30.5 Å². The Morgan fingerprint density at radius 2 is 1.52 bits per heavy atom. The van der Waals surface area contributed by atoms with Crippen LogP contribution in [0.2, 0.25) is 0 Å². The van der Waals surface area contributed by atoms with Gasteiger partial charge in [0.05, 0.1) is 0 Å². The minimum atomic E-state index is -5.70. The van der Waals surface area contributed by atoms with E-state index < -0.39 is 36.9 Å². The molecule has 0 spiro atoms. The highest BCUT2D eigenvalue weighted by molar-refractivity contribution is 5.77. The van der Waals surface area contributed by atoms with Crippen molar-refractivity contribution in [3.8, 4) is 0 Å². The quantitative estimate of drug-likeness (QED) is 0.429. The van der Waals surface area contributed by atoms with Gasteiger partial charge in [0.25, 0.3) is 5.66 Å². The predicted molar refractivity (Wildman–Crippen MR) is 65.3 cm³/mol. The number of amides is 1. The van der Waals surface area contributed by atoms with E-state index in [0.717, 1.165) is 5.32 Å². The molecule has 0 aromatic carbocycles. The molecule has 0 saturated heterocycles. The van der Waals surface area contributed by atoms with Crippen LogP contribution in [0.1, 0.15) is 40.0 Å². The maximum atomic E-state index is 13.0. The van der Waals surface area contributed by atoms with Crippen molar-refractivity contribution in [2.75, 3.05) is 6.54 Å². The number of hydrogen-bond acceptors (Lipinski definition) is 2. The Balaban J connectivity index is 5.43. The maximum Gasteiger partial charge on any atom is 0.434 e. The summed E-state index contributed by atoms with van der Waals surface area (Å²) in [5, 5.41) is 2.54. The number of alkyl halides is 6. The van der Waals surface area contributed by atoms with Gasteiger partial charge in [-0.1, -0.05) is 27.2 Å². The van der Waals surface area contributed by atoms with Crippen LogP contribution >= 0.6 is 0 Å². The third kappa shape index (κ3) is 5.37. The van der Waals surface area contributed by atoms with Gasteiger partial charge >= 0.3 is 12.4 Å². The fourth-order valence-corrected chi connectivity index (χ4v) is 1.63. The third-order valence-corrected chi connectivity index (χ3v) is 2.69. The summed E-state index contributed by atoms with van der Waals surface area (Å²) >= 11 is 0. The van der Waals surface area contributed by atoms with Crippen LogP contribution in [0.25, 0.3) is 0 Å². The molecule has 2 N–H and O–H groups in total. The Bertz CT molecular complexity index is 324. The molecule has 0 heterocycles. The van der Waals surface area contributed by atoms with Gasteiger partial charge in [0.15, 0.2) is 0 Å². The summed E-state index contributed by atoms with van der Waals surface area (Å²) in [4.78, 5) is 11.4. The molecule has 0 aliphatic rings. The fraction of sp³-hybridized carbons (Fsp3) is 0.917. The van der Waals surface area contributed by atoms with Crippen molar-refractivity contribution in [2.24, 2.45) is 5.92 Å². The summed E-state index contributed by atoms with van der Waals surface area (Å²) in [6.45, 7) is 4.15. The number of unbranched alkanes of at least 4 members (excludes halogenated alkanes) is 1. The molecule has 0 aromatic heterocycles. The first kappa shape index (κ1) is 20.0. The van der Waals surface area contributed by atoms with E-state index in [1.165, 1.54) is 19.2 Å². The monoisotopic (exact) mass is 322 g/mol. The number of rotatable bonds is 7. The van der Waals surface area contributed by atoms with Crippen LogP contribution in [0.5, 0.6) is 0 Å². The van der Waals surface area contributed by atoms with Crippen molar-refractivity contribution >= 4 is 5.91 Å². The van der Waals surface area contributed by atoms with Crippen molar-refractivity contribution in [3.05, 3.63) is 0 Å². The van der Waals surface area contributed by atoms with Gasteiger partial charge in [0, 0.05) is 6.42 Å². The van der Waals surface area contributed by atoms with E-state index >= 15 is 0 Å². The van der Waals surface area contributed by atoms with Gasteiger partial charge in [0.1, 0.15) is 0 Å². The summed E-state index contributed by atoms with van der Waals surface area (Å²) in [5.41, 5.74) is -4.42. The largest absolute Gasteiger partial charge is 0.434 e. The normalized spacial score (nSPS) is 13.6. The van der Waals surface area contributed by atoms with Gasteiger partial charge in [-0.15, -0.1) is 0 Å². The van der Waals surface area contributed by atoms with E-state index in [9.17, 15) is 31.1 Å². The second kappa shape index (κ2) is 7.33. The molecule has 0 rings (SSSR count). The molecule has 21 heavy (non-hydrogen) atoms. The molecule has 0 saturated carbocycles. The Morgan fingerprint density at radius 3 is 1.86 bits per heavy atom. The van der Waals surface area contributed by atoms with Crippen molar-refractivity contribution < 1.29 is 31.1 Å². The van der Waals surface area contributed by atoms with Crippen molar-refractivity contribution in [1.82, 2.24) is 10.6 Å². The second-order valence-electron chi connectivity index (χ2n) is 5.17. The van der Waals surface area contributed by atoms with Crippen LogP contribution in [-0.2, 0) is 4.79 Å². The van der Waals surface area contributed by atoms with Crippen molar-refractivity contribution in [1.29, 1.82) is 0 Å². The van der Waals surface area contributed by atoms with Crippen LogP contribution in [0, 0.1) is 5.92 Å². The van der Waals surface area contributed by atoms with Gasteiger partial charge in [-0.05, 0) is 18.9 Å². The lowest BCUT2D eigenvalue weighted by Crippen LogP contribution is -2.75. The zero-order valence-corrected chi connectivity index (χ0v) is 12.1. The minimum absolute atomic E-state index is 0.119. The highest BCUT2D eigenvalue weighted by atomic mass is 19.4. The highest BCUT2D eigenvalue weighted by Gasteiger charge is 2.71. The van der Waals surface area contributed by atoms with Crippen LogP contribution in [0.15, 0.2) is 0 Å². The lowest BCUT2D eigenvalue weighted by atomic mass is 10.1. The van der Waals surface area contributed by atoms with E-state index in [4.69, 9.17) is 0 Å². The molecule has 0 aromatic rings. The number of halogens is 6. The van der Waals surface area contributed by atoms with Crippen LogP contribution < -0.4 is 10.6 Å². The van der Waals surface area contributed by atoms with Crippen molar-refractivity contribution in [3.63, 3.8) is 0 Å². The Kier molecular flexibility index (Phi) is 6.98. The summed E-state index contributed by atoms with van der Waals surface area (Å²) in [5.74, 6) is -1.66. The fourth-order valence-electron chi connectivity index (χ4n) is 1.63. The average Bonchev–Trinajstić information content (AvgIpc) is 2.23. The standard InChI is InChI=1S/C12H20F6N2O/c1-4-5-6-19-10(11(13,14)15,12(16,17)18)20-9(21)7-8(2)3/h8,19H,4-7H2,1-3H3,(H,20,21). The first-order valence-electron chi connectivity index (χ1n) is 6.57. The Hall–Kier alpha value is -0.990. The number of carbonyl (C=O) groups excluding carboxylic acids is 1. The zero-order valence-electron chi connectivity index (χ0n) is 12.1. The number of carbonyl (C=O) groups is 1. The summed E-state index contributed by atoms with van der Waals surface area (Å²) in [7, 11) is 0. The van der Waals surface area contributed by atoms with Gasteiger partial charge in [0.2, 0.25) is 5.91 Å². The summed E-state index contributed by atoms with van der Waals surface area (Å²) in [6.07, 6.45) is -11.3. The minimum Gasteiger partial charge on any atom is -0.323 e. The molecule has 9 heteroatoms. The maximum absolute atomic E-state index is 13.0. The summed E-state index contributed by atoms with van der Waals surface area (Å²) < 4.78 is 78.0. The number of nitrogens with one attached hydrogen (secondary N) is 2. The first-order chi connectivity index (χ1) is 9.37. The molecule has 1 amide bonds. The molecule has 0 bridgehead atoms. The van der Waals surface area contributed by atoms with Gasteiger partial charge in [-0.2, -0.15) is 26.3 Å². The van der Waals surface area contributed by atoms with Crippen molar-refractivity contribution in [2.45, 2.75) is 58.0 Å². The number of hydrogen-bond donors (Lipinski definition) is 2. The molecule has 0 aliphatic heterocycles. The van der Waals surface area contributed by atoms with E-state index in [0.29, 0.717) is 6.42 Å². The van der Waals surface area contributed by atoms with Gasteiger partial charge in [-0.3, -0.25) is 10.1 Å². The van der Waals surface area contributed by atoms with E-state index in [1.807, 2.05) is 0 Å². The molecule has 3 nitrogen and oxygen atoms in total. The predicted octanol–water partition coefficient (Wildman–Crippen LogP) is 3.36. The lowest BCUT2D eigenvalue weighted by molar-refractivity contribution is -0.316. The van der Waals surface area contributed by atoms with Gasteiger partial charge < -0.3 is 5.32 Å². The molecular weight excluding hydrogens is 302 g/mol. The molecule has 126 valence electrons. The second-order valence-corrected chi connectivity index (χ2v) is 5.17. The third-order valence-electron chi connectivity index (χ3n) is 2.69. The molecule has 0 atom stereocenters. The van der Waals surface area contributed by atoms with Crippen LogP contribution in [0.4, 0.5) is 26.3 Å². The summed E-state index contributed by atoms with van der Waals surface area (Å²) in [6, 6.07) is 0. The Labute approximate surface area is 119 Å².